The van der Waals surface area contributed by atoms with Crippen molar-refractivity contribution in [3.63, 3.8) is 0 Å². The van der Waals surface area contributed by atoms with E-state index in [-0.39, 0.29) is 18.7 Å². The molecule has 0 aromatic heterocycles. The topological polar surface area (TPSA) is 29.1 Å². The van der Waals surface area contributed by atoms with Gasteiger partial charge in [0.25, 0.3) is 0 Å². The number of benzene rings is 2. The average molecular weight is 616 g/mol. The molecule has 2 atom stereocenters. The molecule has 0 amide bonds. The van der Waals surface area contributed by atoms with E-state index in [0.717, 1.165) is 35.5 Å². The van der Waals surface area contributed by atoms with Gasteiger partial charge in [0.2, 0.25) is 0 Å². The van der Waals surface area contributed by atoms with E-state index < -0.39 is 11.0 Å². The van der Waals surface area contributed by atoms with Crippen LogP contribution >= 0.6 is 7.92 Å². The Bertz CT molecular complexity index is 1290. The van der Waals surface area contributed by atoms with Gasteiger partial charge in [-0.2, -0.15) is 0 Å². The number of nitrogens with one attached hydrogen (secondary N) is 1. The number of hydrogen-bond donors (Lipinski definition) is 1. The monoisotopic (exact) mass is 615 g/mol. The highest BCUT2D eigenvalue weighted by Crippen LogP contribution is 2.78. The Morgan fingerprint density at radius 3 is 1.56 bits per heavy atom. The molecule has 0 unspecified atom stereocenters. The number of aryl methyl sites for hydroxylation is 2. The molecule has 8 aliphatic carbocycles. The first kappa shape index (κ1) is 29.4. The molecule has 2 nitrogen and oxygen atoms in total. The van der Waals surface area contributed by atoms with Crippen molar-refractivity contribution >= 4 is 24.2 Å². The van der Waals surface area contributed by atoms with Crippen LogP contribution in [-0.4, -0.2) is 19.3 Å². The Morgan fingerprint density at radius 1 is 0.721 bits per heavy atom. The Labute approximate surface area is 265 Å². The summed E-state index contributed by atoms with van der Waals surface area (Å²) >= 11 is 0. The van der Waals surface area contributed by atoms with E-state index in [0.29, 0.717) is 10.3 Å². The fourth-order valence-electron chi connectivity index (χ4n) is 12.4. The largest absolute Gasteiger partial charge is 0.242 e. The summed E-state index contributed by atoms with van der Waals surface area (Å²) in [6, 6.07) is 16.6. The Hall–Kier alpha value is -1.02. The lowest BCUT2D eigenvalue weighted by Crippen LogP contribution is -2.58. The van der Waals surface area contributed by atoms with E-state index in [4.69, 9.17) is 0 Å². The zero-order valence-corrected chi connectivity index (χ0v) is 29.0. The second-order valence-corrected chi connectivity index (χ2v) is 22.6. The fourth-order valence-corrected chi connectivity index (χ4v) is 18.6. The van der Waals surface area contributed by atoms with Crippen molar-refractivity contribution in [2.75, 3.05) is 0 Å². The summed E-state index contributed by atoms with van der Waals surface area (Å²) in [5.74, 6) is 5.83. The normalized spacial score (nSPS) is 39.7. The van der Waals surface area contributed by atoms with Crippen LogP contribution in [0.1, 0.15) is 126 Å². The van der Waals surface area contributed by atoms with Gasteiger partial charge >= 0.3 is 0 Å². The molecule has 1 N–H and O–H groups in total. The van der Waals surface area contributed by atoms with Crippen molar-refractivity contribution in [3.8, 4) is 0 Å². The standard InChI is InChI=1S/C39H54NOPS/c1-25-10-26(2)12-33(11-25)36(40-43(41)37(3,4)5)34-8-6-7-9-35(34)42(38-19-27-13-28(20-38)15-29(14-27)21-38)39-22-30-16-31(23-39)18-32(17-30)24-39/h6-12,27-32,36,40H,13-24H2,1-5H3/t27?,28?,29?,30?,31?,32?,36-,38?,39?,42?,43-/m1/s1. The van der Waals surface area contributed by atoms with Gasteiger partial charge < -0.3 is 0 Å². The van der Waals surface area contributed by atoms with Gasteiger partial charge in [0.15, 0.2) is 0 Å². The maximum absolute atomic E-state index is 13.9. The van der Waals surface area contributed by atoms with Gasteiger partial charge in [-0.1, -0.05) is 61.5 Å². The van der Waals surface area contributed by atoms with E-state index in [2.05, 4.69) is 81.8 Å². The van der Waals surface area contributed by atoms with Crippen LogP contribution in [0.5, 0.6) is 0 Å². The third-order valence-corrected chi connectivity index (χ3v) is 18.3. The van der Waals surface area contributed by atoms with Gasteiger partial charge in [-0.15, -0.1) is 0 Å². The van der Waals surface area contributed by atoms with E-state index in [9.17, 15) is 4.21 Å². The summed E-state index contributed by atoms with van der Waals surface area (Å²) < 4.78 is 17.4. The smallest absolute Gasteiger partial charge is 0.0979 e. The summed E-state index contributed by atoms with van der Waals surface area (Å²) in [5.41, 5.74) is 5.33. The molecule has 8 bridgehead atoms. The Kier molecular flexibility index (Phi) is 7.18. The van der Waals surface area contributed by atoms with E-state index >= 15 is 0 Å². The van der Waals surface area contributed by atoms with E-state index in [1.54, 1.807) is 5.30 Å². The Morgan fingerprint density at radius 2 is 1.14 bits per heavy atom. The SMILES string of the molecule is Cc1cc(C)cc([C@@H](N[S@](=O)C(C)(C)C)c2ccccc2P(C23CC4CC(CC(C4)C2)C3)C23CC4CC(CC(C4)C2)C3)c1. The third kappa shape index (κ3) is 5.15. The van der Waals surface area contributed by atoms with Crippen LogP contribution in [0.4, 0.5) is 0 Å². The minimum atomic E-state index is -1.17. The molecule has 0 saturated heterocycles. The summed E-state index contributed by atoms with van der Waals surface area (Å²) in [6.45, 7) is 10.8. The van der Waals surface area contributed by atoms with Crippen LogP contribution in [0.2, 0.25) is 0 Å². The minimum Gasteiger partial charge on any atom is -0.242 e. The predicted octanol–water partition coefficient (Wildman–Crippen LogP) is 9.49. The molecular formula is C39H54NOPS. The highest BCUT2D eigenvalue weighted by Gasteiger charge is 2.63. The van der Waals surface area contributed by atoms with Crippen LogP contribution in [0.15, 0.2) is 42.5 Å². The summed E-state index contributed by atoms with van der Waals surface area (Å²) in [5, 5.41) is 2.73. The van der Waals surface area contributed by atoms with Crippen LogP contribution in [0.25, 0.3) is 0 Å². The molecule has 0 aliphatic heterocycles. The third-order valence-electron chi connectivity index (χ3n) is 12.8. The lowest BCUT2D eigenvalue weighted by molar-refractivity contribution is 0.0195. The molecule has 10 rings (SSSR count). The lowest BCUT2D eigenvalue weighted by atomic mass is 9.55. The second-order valence-electron chi connectivity index (χ2n) is 17.5. The zero-order chi connectivity index (χ0) is 29.7. The first-order chi connectivity index (χ1) is 20.5. The second kappa shape index (κ2) is 10.5. The molecule has 4 heteroatoms. The minimum absolute atomic E-state index is 0.0531. The molecule has 8 fully saturated rings. The first-order valence-corrected chi connectivity index (χ1v) is 20.1. The summed E-state index contributed by atoms with van der Waals surface area (Å²) in [4.78, 5) is 0. The maximum atomic E-state index is 13.9. The number of hydrogen-bond acceptors (Lipinski definition) is 1. The molecule has 0 heterocycles. The zero-order valence-electron chi connectivity index (χ0n) is 27.3. The highest BCUT2D eigenvalue weighted by atomic mass is 32.2. The molecule has 2 aromatic carbocycles. The molecular weight excluding hydrogens is 561 g/mol. The summed E-state index contributed by atoms with van der Waals surface area (Å²) in [7, 11) is -1.52. The molecule has 8 saturated carbocycles. The molecule has 43 heavy (non-hydrogen) atoms. The molecule has 2 aromatic rings. The molecule has 232 valence electrons. The van der Waals surface area contributed by atoms with Crippen molar-refractivity contribution < 1.29 is 4.21 Å². The van der Waals surface area contributed by atoms with E-state index in [1.807, 2.05) is 0 Å². The quantitative estimate of drug-likeness (QED) is 0.309. The van der Waals surface area contributed by atoms with Crippen molar-refractivity contribution in [3.05, 3.63) is 64.7 Å². The van der Waals surface area contributed by atoms with Gasteiger partial charge in [-0.3, -0.25) is 0 Å². The van der Waals surface area contributed by atoms with Gasteiger partial charge in [-0.05, 0) is 174 Å². The molecule has 0 spiro atoms. The molecule has 8 aliphatic rings. The maximum Gasteiger partial charge on any atom is 0.0979 e. The van der Waals surface area contributed by atoms with Crippen LogP contribution < -0.4 is 10.0 Å². The van der Waals surface area contributed by atoms with Crippen LogP contribution in [-0.2, 0) is 11.0 Å². The van der Waals surface area contributed by atoms with Crippen LogP contribution in [0, 0.1) is 49.4 Å². The van der Waals surface area contributed by atoms with Gasteiger partial charge in [0.05, 0.1) is 21.8 Å². The predicted molar refractivity (Wildman–Crippen MR) is 184 cm³/mol. The van der Waals surface area contributed by atoms with Crippen molar-refractivity contribution in [2.45, 2.75) is 133 Å². The lowest BCUT2D eigenvalue weighted by Gasteiger charge is -2.67. The van der Waals surface area contributed by atoms with Gasteiger partial charge in [0.1, 0.15) is 0 Å². The van der Waals surface area contributed by atoms with Gasteiger partial charge in [0, 0.05) is 0 Å². The Balaban J connectivity index is 1.31. The fraction of sp³-hybridized carbons (Fsp3) is 0.692. The first-order valence-electron chi connectivity index (χ1n) is 17.6. The van der Waals surface area contributed by atoms with E-state index in [1.165, 1.54) is 99.3 Å². The van der Waals surface area contributed by atoms with Crippen molar-refractivity contribution in [1.29, 1.82) is 0 Å². The van der Waals surface area contributed by atoms with Crippen molar-refractivity contribution in [2.24, 2.45) is 35.5 Å². The van der Waals surface area contributed by atoms with Gasteiger partial charge in [-0.25, -0.2) is 8.93 Å². The van der Waals surface area contributed by atoms with Crippen molar-refractivity contribution in [1.82, 2.24) is 4.72 Å². The van der Waals surface area contributed by atoms with Crippen LogP contribution in [0.3, 0.4) is 0 Å². The summed E-state index contributed by atoms with van der Waals surface area (Å²) in [6.07, 6.45) is 18.1. The average Bonchev–Trinajstić information content (AvgIpc) is 2.89. The molecule has 0 radical (unpaired) electrons. The number of rotatable bonds is 7. The highest BCUT2D eigenvalue weighted by molar-refractivity contribution is 7.84.